The van der Waals surface area contributed by atoms with Crippen molar-refractivity contribution < 1.29 is 14.4 Å². The van der Waals surface area contributed by atoms with Crippen molar-refractivity contribution in [1.82, 2.24) is 9.80 Å². The number of benzene rings is 2. The fraction of sp³-hybridized carbons (Fsp3) is 0.516. The summed E-state index contributed by atoms with van der Waals surface area (Å²) in [6.45, 7) is 10.3. The van der Waals surface area contributed by atoms with Crippen molar-refractivity contribution in [2.75, 3.05) is 49.9 Å². The van der Waals surface area contributed by atoms with E-state index in [0.717, 1.165) is 62.2 Å². The van der Waals surface area contributed by atoms with Crippen LogP contribution in [0, 0.1) is 11.8 Å². The van der Waals surface area contributed by atoms with Crippen LogP contribution >= 0.6 is 0 Å². The Kier molecular flexibility index (Phi) is 8.24. The summed E-state index contributed by atoms with van der Waals surface area (Å²) in [4.78, 5) is 43.1. The van der Waals surface area contributed by atoms with Crippen LogP contribution in [-0.2, 0) is 9.59 Å². The minimum atomic E-state index is -0.0768. The van der Waals surface area contributed by atoms with Crippen LogP contribution in [0.15, 0.2) is 36.4 Å². The monoisotopic (exact) mass is 516 g/mol. The molecule has 3 aliphatic rings. The topological polar surface area (TPSA) is 81.8 Å². The van der Waals surface area contributed by atoms with Gasteiger partial charge >= 0.3 is 0 Å². The van der Waals surface area contributed by atoms with E-state index in [0.29, 0.717) is 35.3 Å². The first-order valence-corrected chi connectivity index (χ1v) is 14.2. The number of hydrogen-bond donors (Lipinski definition) is 2. The van der Waals surface area contributed by atoms with Crippen molar-refractivity contribution in [2.45, 2.75) is 52.4 Å². The maximum atomic E-state index is 13.2. The Hall–Kier alpha value is -3.03. The molecule has 2 heterocycles. The number of likely N-dealkylation sites (tertiary alicyclic amines) is 2. The third-order valence-electron chi connectivity index (χ3n) is 8.45. The van der Waals surface area contributed by atoms with Gasteiger partial charge in [0.05, 0.1) is 0 Å². The van der Waals surface area contributed by atoms with Crippen LogP contribution in [0.2, 0.25) is 0 Å². The Morgan fingerprint density at radius 1 is 0.684 bits per heavy atom. The molecule has 5 rings (SSSR count). The molecule has 7 heteroatoms. The minimum Gasteiger partial charge on any atom is -0.326 e. The van der Waals surface area contributed by atoms with Crippen molar-refractivity contribution in [2.24, 2.45) is 11.8 Å². The average Bonchev–Trinajstić information content (AvgIpc) is 3.18. The lowest BCUT2D eigenvalue weighted by atomic mass is 9.99. The second kappa shape index (κ2) is 11.8. The Labute approximate surface area is 226 Å². The van der Waals surface area contributed by atoms with Crippen molar-refractivity contribution in [3.8, 4) is 11.1 Å². The summed E-state index contributed by atoms with van der Waals surface area (Å²) in [5.74, 6) is 1.40. The first-order chi connectivity index (χ1) is 18.4. The van der Waals surface area contributed by atoms with E-state index in [1.54, 1.807) is 12.1 Å². The van der Waals surface area contributed by atoms with E-state index in [1.165, 1.54) is 25.7 Å². The second-order valence-corrected chi connectivity index (χ2v) is 11.5. The summed E-state index contributed by atoms with van der Waals surface area (Å²) in [7, 11) is 0. The number of carbonyl (C=O) groups is 3. The zero-order chi connectivity index (χ0) is 26.6. The molecule has 0 atom stereocenters. The Bertz CT molecular complexity index is 1100. The predicted molar refractivity (Wildman–Crippen MR) is 151 cm³/mol. The first kappa shape index (κ1) is 26.6. The smallest absolute Gasteiger partial charge is 0.225 e. The summed E-state index contributed by atoms with van der Waals surface area (Å²) in [5, 5.41) is 5.94. The molecule has 2 aliphatic heterocycles. The Morgan fingerprint density at radius 2 is 1.08 bits per heavy atom. The molecule has 2 amide bonds. The highest BCUT2D eigenvalue weighted by molar-refractivity contribution is 6.22. The molecule has 0 bridgehead atoms. The van der Waals surface area contributed by atoms with Gasteiger partial charge in [-0.25, -0.2) is 0 Å². The van der Waals surface area contributed by atoms with Crippen molar-refractivity contribution in [1.29, 1.82) is 0 Å². The molecule has 0 spiro atoms. The van der Waals surface area contributed by atoms with Crippen LogP contribution in [-0.4, -0.2) is 66.7 Å². The molecule has 202 valence electrons. The third-order valence-corrected chi connectivity index (χ3v) is 8.45. The third kappa shape index (κ3) is 6.33. The van der Waals surface area contributed by atoms with Crippen LogP contribution in [0.1, 0.15) is 68.3 Å². The standard InChI is InChI=1S/C31H40N4O3/c1-21-7-13-34(14-8-21)17-11-29(36)32-23-3-5-25-26-6-4-24(20-28(26)31(38)27(25)19-23)33-30(37)12-18-35-15-9-22(2)10-16-35/h3-6,19-22H,7-18H2,1-2H3,(H,32,36)(H,33,37). The summed E-state index contributed by atoms with van der Waals surface area (Å²) >= 11 is 0. The molecule has 1 aliphatic carbocycles. The zero-order valence-electron chi connectivity index (χ0n) is 22.7. The highest BCUT2D eigenvalue weighted by Crippen LogP contribution is 2.39. The van der Waals surface area contributed by atoms with Gasteiger partial charge in [-0.1, -0.05) is 26.0 Å². The van der Waals surface area contributed by atoms with Gasteiger partial charge in [0.2, 0.25) is 11.8 Å². The lowest BCUT2D eigenvalue weighted by Gasteiger charge is -2.29. The molecule has 2 aromatic rings. The van der Waals surface area contributed by atoms with Gasteiger partial charge in [-0.05, 0) is 99.1 Å². The Morgan fingerprint density at radius 3 is 1.47 bits per heavy atom. The van der Waals surface area contributed by atoms with Crippen molar-refractivity contribution in [3.63, 3.8) is 0 Å². The molecule has 38 heavy (non-hydrogen) atoms. The van der Waals surface area contributed by atoms with Gasteiger partial charge in [-0.3, -0.25) is 14.4 Å². The number of anilines is 2. The molecule has 2 fully saturated rings. The number of amides is 2. The van der Waals surface area contributed by atoms with Crippen molar-refractivity contribution >= 4 is 29.0 Å². The van der Waals surface area contributed by atoms with Gasteiger partial charge in [0.25, 0.3) is 0 Å². The molecule has 0 unspecified atom stereocenters. The molecule has 0 aromatic heterocycles. The highest BCUT2D eigenvalue weighted by atomic mass is 16.2. The largest absolute Gasteiger partial charge is 0.326 e. The lowest BCUT2D eigenvalue weighted by molar-refractivity contribution is -0.117. The maximum Gasteiger partial charge on any atom is 0.225 e. The number of ketones is 1. The average molecular weight is 517 g/mol. The van der Waals surface area contributed by atoms with Gasteiger partial charge in [0, 0.05) is 48.4 Å². The van der Waals surface area contributed by atoms with Crippen molar-refractivity contribution in [3.05, 3.63) is 47.5 Å². The van der Waals surface area contributed by atoms with Crippen LogP contribution in [0.4, 0.5) is 11.4 Å². The minimum absolute atomic E-state index is 0.0319. The molecule has 7 nitrogen and oxygen atoms in total. The van der Waals surface area contributed by atoms with Crippen LogP contribution in [0.5, 0.6) is 0 Å². The van der Waals surface area contributed by atoms with E-state index in [9.17, 15) is 14.4 Å². The van der Waals surface area contributed by atoms with E-state index in [1.807, 2.05) is 24.3 Å². The van der Waals surface area contributed by atoms with Gasteiger partial charge in [-0.15, -0.1) is 0 Å². The van der Waals surface area contributed by atoms with Crippen LogP contribution < -0.4 is 10.6 Å². The fourth-order valence-electron chi connectivity index (χ4n) is 5.77. The van der Waals surface area contributed by atoms with E-state index in [2.05, 4.69) is 34.3 Å². The first-order valence-electron chi connectivity index (χ1n) is 14.2. The van der Waals surface area contributed by atoms with E-state index < -0.39 is 0 Å². The lowest BCUT2D eigenvalue weighted by Crippen LogP contribution is -2.35. The second-order valence-electron chi connectivity index (χ2n) is 11.5. The fourth-order valence-corrected chi connectivity index (χ4v) is 5.77. The number of fused-ring (bicyclic) bond motifs is 3. The maximum absolute atomic E-state index is 13.2. The SMILES string of the molecule is CC1CCN(CCC(=O)Nc2ccc3c(c2)C(=O)c2cc(NC(=O)CCN4CCC(C)CC4)ccc2-3)CC1. The zero-order valence-corrected chi connectivity index (χ0v) is 22.7. The van der Waals surface area contributed by atoms with E-state index >= 15 is 0 Å². The molecule has 0 radical (unpaired) electrons. The van der Waals surface area contributed by atoms with Crippen LogP contribution in [0.25, 0.3) is 11.1 Å². The normalized spacial score (nSPS) is 18.7. The van der Waals surface area contributed by atoms with Gasteiger partial charge in [-0.2, -0.15) is 0 Å². The van der Waals surface area contributed by atoms with Gasteiger partial charge in [0.1, 0.15) is 0 Å². The number of nitrogens with zero attached hydrogens (tertiary/aromatic N) is 2. The molecule has 2 N–H and O–H groups in total. The summed E-state index contributed by atoms with van der Waals surface area (Å²) in [6, 6.07) is 11.1. The highest BCUT2D eigenvalue weighted by Gasteiger charge is 2.28. The van der Waals surface area contributed by atoms with Gasteiger partial charge in [0.15, 0.2) is 5.78 Å². The van der Waals surface area contributed by atoms with E-state index in [-0.39, 0.29) is 17.6 Å². The number of carbonyl (C=O) groups excluding carboxylic acids is 3. The Balaban J connectivity index is 1.15. The molecule has 0 saturated carbocycles. The quantitative estimate of drug-likeness (QED) is 0.439. The molecule has 2 aromatic carbocycles. The molecular weight excluding hydrogens is 476 g/mol. The number of rotatable bonds is 8. The predicted octanol–water partition coefficient (Wildman–Crippen LogP) is 5.02. The molecular formula is C31H40N4O3. The molecule has 2 saturated heterocycles. The number of nitrogens with one attached hydrogen (secondary N) is 2. The van der Waals surface area contributed by atoms with E-state index in [4.69, 9.17) is 0 Å². The summed E-state index contributed by atoms with van der Waals surface area (Å²) in [5.41, 5.74) is 4.19. The van der Waals surface area contributed by atoms with Crippen LogP contribution in [0.3, 0.4) is 0 Å². The summed E-state index contributed by atoms with van der Waals surface area (Å²) < 4.78 is 0. The number of piperidine rings is 2. The summed E-state index contributed by atoms with van der Waals surface area (Å²) in [6.07, 6.45) is 5.66. The van der Waals surface area contributed by atoms with Gasteiger partial charge < -0.3 is 20.4 Å². The number of hydrogen-bond acceptors (Lipinski definition) is 5.